The largest absolute Gasteiger partial charge is 0.465 e. The topological polar surface area (TPSA) is 45.4 Å². The van der Waals surface area contributed by atoms with Gasteiger partial charge in [-0.3, -0.25) is 0 Å². The Hall–Kier alpha value is -1.06. The van der Waals surface area contributed by atoms with Gasteiger partial charge in [0.15, 0.2) is 0 Å². The van der Waals surface area contributed by atoms with Crippen molar-refractivity contribution in [2.45, 2.75) is 20.3 Å². The third-order valence-corrected chi connectivity index (χ3v) is 2.87. The van der Waals surface area contributed by atoms with Crippen LogP contribution in [0.1, 0.15) is 26.0 Å². The van der Waals surface area contributed by atoms with E-state index in [9.17, 15) is 5.11 Å². The molecular weight excluding hydrogens is 202 g/mol. The monoisotopic (exact) mass is 223 g/mol. The van der Waals surface area contributed by atoms with Crippen molar-refractivity contribution in [1.29, 1.82) is 0 Å². The lowest BCUT2D eigenvalue weighted by atomic mass is 9.89. The second-order valence-corrected chi connectivity index (χ2v) is 4.37. The van der Waals surface area contributed by atoms with E-state index in [1.54, 1.807) is 6.26 Å². The van der Waals surface area contributed by atoms with E-state index < -0.39 is 0 Å². The molecule has 1 rings (SSSR count). The molecule has 2 N–H and O–H groups in total. The summed E-state index contributed by atoms with van der Waals surface area (Å²) < 4.78 is 5.17. The van der Waals surface area contributed by atoms with E-state index in [0.29, 0.717) is 0 Å². The van der Waals surface area contributed by atoms with Gasteiger partial charge in [0.1, 0.15) is 5.76 Å². The standard InChI is InChI=1S/C13H21NO2/c1-3-13(2,11-15)10-14-8-4-6-12-7-5-9-16-12/h4-7,9,14-15H,3,8,10-11H2,1-2H3/b6-4+. The fourth-order valence-corrected chi connectivity index (χ4v) is 1.31. The van der Waals surface area contributed by atoms with E-state index in [1.807, 2.05) is 24.3 Å². The Balaban J connectivity index is 2.21. The highest BCUT2D eigenvalue weighted by molar-refractivity contribution is 5.42. The third-order valence-electron chi connectivity index (χ3n) is 2.87. The zero-order chi connectivity index (χ0) is 11.9. The van der Waals surface area contributed by atoms with E-state index in [0.717, 1.165) is 25.3 Å². The molecule has 0 radical (unpaired) electrons. The van der Waals surface area contributed by atoms with E-state index in [4.69, 9.17) is 4.42 Å². The first-order chi connectivity index (χ1) is 7.70. The summed E-state index contributed by atoms with van der Waals surface area (Å²) >= 11 is 0. The van der Waals surface area contributed by atoms with E-state index in [2.05, 4.69) is 19.2 Å². The molecular formula is C13H21NO2. The summed E-state index contributed by atoms with van der Waals surface area (Å²) in [5.41, 5.74) is -0.0154. The molecule has 0 spiro atoms. The van der Waals surface area contributed by atoms with Crippen molar-refractivity contribution in [1.82, 2.24) is 5.32 Å². The quantitative estimate of drug-likeness (QED) is 0.697. The highest BCUT2D eigenvalue weighted by Crippen LogP contribution is 2.18. The van der Waals surface area contributed by atoms with Gasteiger partial charge in [-0.1, -0.05) is 19.9 Å². The molecule has 0 aliphatic rings. The number of furan rings is 1. The van der Waals surface area contributed by atoms with Gasteiger partial charge >= 0.3 is 0 Å². The van der Waals surface area contributed by atoms with Crippen molar-refractivity contribution in [2.75, 3.05) is 19.7 Å². The van der Waals surface area contributed by atoms with E-state index >= 15 is 0 Å². The SMILES string of the molecule is CCC(C)(CO)CNC/C=C/c1ccco1. The third kappa shape index (κ3) is 4.21. The number of rotatable bonds is 7. The van der Waals surface area contributed by atoms with Crippen LogP contribution in [-0.2, 0) is 0 Å². The van der Waals surface area contributed by atoms with Crippen LogP contribution >= 0.6 is 0 Å². The molecule has 0 saturated carbocycles. The highest BCUT2D eigenvalue weighted by Gasteiger charge is 2.19. The second kappa shape index (κ2) is 6.51. The van der Waals surface area contributed by atoms with E-state index in [-0.39, 0.29) is 12.0 Å². The molecule has 1 heterocycles. The first kappa shape index (κ1) is 13.0. The van der Waals surface area contributed by atoms with Crippen molar-refractivity contribution in [2.24, 2.45) is 5.41 Å². The number of hydrogen-bond acceptors (Lipinski definition) is 3. The fourth-order valence-electron chi connectivity index (χ4n) is 1.31. The lowest BCUT2D eigenvalue weighted by Gasteiger charge is -2.25. The molecule has 3 heteroatoms. The zero-order valence-corrected chi connectivity index (χ0v) is 10.1. The Morgan fingerprint density at radius 3 is 2.94 bits per heavy atom. The Labute approximate surface area is 97.2 Å². The molecule has 0 bridgehead atoms. The Kier molecular flexibility index (Phi) is 5.29. The van der Waals surface area contributed by atoms with Crippen molar-refractivity contribution in [3.05, 3.63) is 30.2 Å². The Bertz CT molecular complexity index is 300. The Morgan fingerprint density at radius 1 is 1.56 bits per heavy atom. The molecule has 16 heavy (non-hydrogen) atoms. The summed E-state index contributed by atoms with van der Waals surface area (Å²) in [6.45, 7) is 6.00. The summed E-state index contributed by atoms with van der Waals surface area (Å²) in [7, 11) is 0. The van der Waals surface area contributed by atoms with Crippen LogP contribution in [0.5, 0.6) is 0 Å². The van der Waals surface area contributed by atoms with Crippen molar-refractivity contribution in [3.63, 3.8) is 0 Å². The first-order valence-corrected chi connectivity index (χ1v) is 5.72. The molecule has 1 unspecified atom stereocenters. The van der Waals surface area contributed by atoms with Gasteiger partial charge in [-0.2, -0.15) is 0 Å². The van der Waals surface area contributed by atoms with Crippen LogP contribution in [0.25, 0.3) is 6.08 Å². The maximum Gasteiger partial charge on any atom is 0.126 e. The van der Waals surface area contributed by atoms with Gasteiger partial charge in [0.25, 0.3) is 0 Å². The van der Waals surface area contributed by atoms with Gasteiger partial charge in [0.2, 0.25) is 0 Å². The average Bonchev–Trinajstić information content (AvgIpc) is 2.81. The summed E-state index contributed by atoms with van der Waals surface area (Å²) in [4.78, 5) is 0. The van der Waals surface area contributed by atoms with Crippen LogP contribution in [0.2, 0.25) is 0 Å². The average molecular weight is 223 g/mol. The highest BCUT2D eigenvalue weighted by atomic mass is 16.3. The van der Waals surface area contributed by atoms with Crippen molar-refractivity contribution in [3.8, 4) is 0 Å². The van der Waals surface area contributed by atoms with Gasteiger partial charge < -0.3 is 14.8 Å². The number of aliphatic hydroxyl groups excluding tert-OH is 1. The van der Waals surface area contributed by atoms with Gasteiger partial charge in [-0.15, -0.1) is 0 Å². The normalized spacial score (nSPS) is 15.4. The molecule has 1 aromatic rings. The van der Waals surface area contributed by atoms with Crippen molar-refractivity contribution < 1.29 is 9.52 Å². The van der Waals surface area contributed by atoms with Gasteiger partial charge in [0.05, 0.1) is 6.26 Å². The van der Waals surface area contributed by atoms with Crippen LogP contribution in [0.15, 0.2) is 28.9 Å². The minimum Gasteiger partial charge on any atom is -0.465 e. The Morgan fingerprint density at radius 2 is 2.38 bits per heavy atom. The van der Waals surface area contributed by atoms with Crippen molar-refractivity contribution >= 4 is 6.08 Å². The number of aliphatic hydroxyl groups is 1. The fraction of sp³-hybridized carbons (Fsp3) is 0.538. The predicted octanol–water partition coefficient (Wildman–Crippen LogP) is 2.29. The maximum absolute atomic E-state index is 9.22. The molecule has 0 fully saturated rings. The molecule has 0 saturated heterocycles. The summed E-state index contributed by atoms with van der Waals surface area (Å²) in [6, 6.07) is 3.79. The van der Waals surface area contributed by atoms with Crippen LogP contribution in [0, 0.1) is 5.41 Å². The van der Waals surface area contributed by atoms with Crippen LogP contribution < -0.4 is 5.32 Å². The molecule has 0 aromatic carbocycles. The van der Waals surface area contributed by atoms with Crippen LogP contribution in [0.3, 0.4) is 0 Å². The molecule has 0 amide bonds. The predicted molar refractivity (Wildman–Crippen MR) is 66.1 cm³/mol. The first-order valence-electron chi connectivity index (χ1n) is 5.72. The molecule has 90 valence electrons. The van der Waals surface area contributed by atoms with Gasteiger partial charge in [0, 0.05) is 25.1 Å². The molecule has 1 aromatic heterocycles. The summed E-state index contributed by atoms with van der Waals surface area (Å²) in [5, 5.41) is 12.5. The van der Waals surface area contributed by atoms with Crippen LogP contribution in [0.4, 0.5) is 0 Å². The summed E-state index contributed by atoms with van der Waals surface area (Å²) in [5.74, 6) is 0.863. The van der Waals surface area contributed by atoms with E-state index in [1.165, 1.54) is 0 Å². The lowest BCUT2D eigenvalue weighted by Crippen LogP contribution is -2.34. The van der Waals surface area contributed by atoms with Crippen LogP contribution in [-0.4, -0.2) is 24.8 Å². The summed E-state index contributed by atoms with van der Waals surface area (Å²) in [6.07, 6.45) is 6.59. The number of hydrogen-bond donors (Lipinski definition) is 2. The molecule has 1 atom stereocenters. The maximum atomic E-state index is 9.22. The lowest BCUT2D eigenvalue weighted by molar-refractivity contribution is 0.137. The molecule has 3 nitrogen and oxygen atoms in total. The number of nitrogens with one attached hydrogen (secondary N) is 1. The minimum atomic E-state index is -0.0154. The minimum absolute atomic E-state index is 0.0154. The van der Waals surface area contributed by atoms with Gasteiger partial charge in [-0.25, -0.2) is 0 Å². The smallest absolute Gasteiger partial charge is 0.126 e. The molecule has 0 aliphatic carbocycles. The van der Waals surface area contributed by atoms with Gasteiger partial charge in [-0.05, 0) is 24.6 Å². The molecule has 0 aliphatic heterocycles. The second-order valence-electron chi connectivity index (χ2n) is 4.37. The zero-order valence-electron chi connectivity index (χ0n) is 10.1.